The van der Waals surface area contributed by atoms with Crippen LogP contribution in [0.1, 0.15) is 19.3 Å². The number of hydrogen-bond acceptors (Lipinski definition) is 2. The van der Waals surface area contributed by atoms with E-state index in [2.05, 4.69) is 4.74 Å². The molecule has 0 saturated carbocycles. The van der Waals surface area contributed by atoms with E-state index >= 15 is 0 Å². The van der Waals surface area contributed by atoms with Crippen LogP contribution in [0.3, 0.4) is 0 Å². The van der Waals surface area contributed by atoms with Crippen molar-refractivity contribution in [2.24, 2.45) is 0 Å². The minimum Gasteiger partial charge on any atom is -0.281 e. The summed E-state index contributed by atoms with van der Waals surface area (Å²) in [6.45, 7) is -0.798. The zero-order chi connectivity index (χ0) is 14.9. The molecular weight excluding hydrogens is 323 g/mol. The molecule has 19 heavy (non-hydrogen) atoms. The van der Waals surface area contributed by atoms with E-state index in [-0.39, 0.29) is 17.7 Å². The Balaban J connectivity index is 2.94. The molecule has 0 spiro atoms. The molecule has 0 N–H and O–H groups in total. The molecule has 1 aliphatic rings. The third-order valence-electron chi connectivity index (χ3n) is 2.73. The van der Waals surface area contributed by atoms with Gasteiger partial charge in [-0.2, -0.15) is 26.3 Å². The second kappa shape index (κ2) is 5.83. The van der Waals surface area contributed by atoms with E-state index < -0.39 is 36.2 Å². The van der Waals surface area contributed by atoms with Gasteiger partial charge in [0.2, 0.25) is 5.02 Å². The van der Waals surface area contributed by atoms with Crippen LogP contribution in [0.25, 0.3) is 0 Å². The van der Waals surface area contributed by atoms with Gasteiger partial charge in [0, 0.05) is 13.1 Å². The molecule has 0 bridgehead atoms. The first-order chi connectivity index (χ1) is 8.52. The highest BCUT2D eigenvalue weighted by Gasteiger charge is 2.75. The van der Waals surface area contributed by atoms with Crippen LogP contribution >= 0.6 is 23.2 Å². The van der Waals surface area contributed by atoms with Crippen LogP contribution in [0.15, 0.2) is 0 Å². The fraction of sp³-hybridized carbons (Fsp3) is 1.00. The number of rotatable bonds is 5. The molecule has 1 rings (SSSR count). The second-order valence-corrected chi connectivity index (χ2v) is 5.07. The van der Waals surface area contributed by atoms with Crippen LogP contribution < -0.4 is 0 Å². The Morgan fingerprint density at radius 2 is 1.37 bits per heavy atom. The first-order valence-electron chi connectivity index (χ1n) is 5.37. The summed E-state index contributed by atoms with van der Waals surface area (Å²) in [6.07, 6.45) is -4.45. The lowest BCUT2D eigenvalue weighted by atomic mass is 10.1. The summed E-state index contributed by atoms with van der Waals surface area (Å²) in [5.41, 5.74) is 0. The van der Waals surface area contributed by atoms with Gasteiger partial charge in [0.25, 0.3) is 0 Å². The molecule has 10 heteroatoms. The van der Waals surface area contributed by atoms with Crippen LogP contribution in [-0.2, 0) is 4.74 Å². The standard InChI is InChI=1S/C9H11Cl2F6NO/c10-6(11)19-9(16,17)7(12,13)8(14,15)18-4-2-1-3-5-18/h6H,1-5H2. The fourth-order valence-corrected chi connectivity index (χ4v) is 1.96. The van der Waals surface area contributed by atoms with E-state index in [0.717, 1.165) is 0 Å². The van der Waals surface area contributed by atoms with Crippen LogP contribution in [0, 0.1) is 0 Å². The van der Waals surface area contributed by atoms with Crippen LogP contribution in [0.2, 0.25) is 0 Å². The number of piperidine rings is 1. The Morgan fingerprint density at radius 1 is 0.895 bits per heavy atom. The summed E-state index contributed by atoms with van der Waals surface area (Å²) < 4.78 is 83.1. The third-order valence-corrected chi connectivity index (χ3v) is 2.91. The number of alkyl halides is 8. The molecule has 1 aliphatic heterocycles. The molecule has 0 aromatic heterocycles. The Hall–Kier alpha value is 0.0800. The second-order valence-electron chi connectivity index (χ2n) is 4.06. The van der Waals surface area contributed by atoms with Crippen molar-refractivity contribution < 1.29 is 31.1 Å². The van der Waals surface area contributed by atoms with E-state index in [4.69, 9.17) is 23.2 Å². The number of likely N-dealkylation sites (tertiary alicyclic amines) is 1. The highest BCUT2D eigenvalue weighted by Crippen LogP contribution is 2.49. The molecule has 1 fully saturated rings. The molecule has 1 saturated heterocycles. The van der Waals surface area contributed by atoms with Crippen molar-refractivity contribution in [1.29, 1.82) is 0 Å². The summed E-state index contributed by atoms with van der Waals surface area (Å²) >= 11 is 9.55. The Bertz CT molecular complexity index is 309. The molecule has 1 heterocycles. The number of hydrogen-bond donors (Lipinski definition) is 0. The van der Waals surface area contributed by atoms with Crippen molar-refractivity contribution in [3.63, 3.8) is 0 Å². The van der Waals surface area contributed by atoms with Crippen molar-refractivity contribution in [2.45, 2.75) is 42.4 Å². The van der Waals surface area contributed by atoms with Crippen LogP contribution in [0.5, 0.6) is 0 Å². The van der Waals surface area contributed by atoms with Crippen LogP contribution in [-0.4, -0.2) is 41.1 Å². The molecule has 0 radical (unpaired) electrons. The predicted octanol–water partition coefficient (Wildman–Crippen LogP) is 4.07. The summed E-state index contributed by atoms with van der Waals surface area (Å²) in [7, 11) is 0. The van der Waals surface area contributed by atoms with Gasteiger partial charge in [0.15, 0.2) is 0 Å². The summed E-state index contributed by atoms with van der Waals surface area (Å²) in [6, 6.07) is -5.06. The SMILES string of the molecule is FC(F)(OC(Cl)Cl)C(F)(F)C(F)(F)N1CCCCC1. The first kappa shape index (κ1) is 17.1. The Labute approximate surface area is 115 Å². The van der Waals surface area contributed by atoms with Gasteiger partial charge >= 0.3 is 18.1 Å². The fourth-order valence-electron chi connectivity index (χ4n) is 1.73. The average molecular weight is 334 g/mol. The summed E-state index contributed by atoms with van der Waals surface area (Å²) in [5, 5.41) is -2.35. The Kier molecular flexibility index (Phi) is 5.26. The normalized spacial score (nSPS) is 20.1. The van der Waals surface area contributed by atoms with Gasteiger partial charge in [-0.3, -0.25) is 4.74 Å². The van der Waals surface area contributed by atoms with Crippen molar-refractivity contribution in [3.05, 3.63) is 0 Å². The van der Waals surface area contributed by atoms with Crippen molar-refractivity contribution >= 4 is 23.2 Å². The highest BCUT2D eigenvalue weighted by atomic mass is 35.5. The smallest absolute Gasteiger partial charge is 0.281 e. The van der Waals surface area contributed by atoms with Crippen molar-refractivity contribution in [1.82, 2.24) is 4.90 Å². The van der Waals surface area contributed by atoms with Gasteiger partial charge in [0.05, 0.1) is 0 Å². The lowest BCUT2D eigenvalue weighted by Gasteiger charge is -2.40. The van der Waals surface area contributed by atoms with Gasteiger partial charge < -0.3 is 0 Å². The molecule has 2 nitrogen and oxygen atoms in total. The van der Waals surface area contributed by atoms with E-state index in [0.29, 0.717) is 6.42 Å². The zero-order valence-corrected chi connectivity index (χ0v) is 11.0. The Morgan fingerprint density at radius 3 is 1.79 bits per heavy atom. The van der Waals surface area contributed by atoms with Gasteiger partial charge in [-0.15, -0.1) is 0 Å². The minimum absolute atomic E-state index is 0.0191. The van der Waals surface area contributed by atoms with E-state index in [9.17, 15) is 26.3 Å². The van der Waals surface area contributed by atoms with Gasteiger partial charge in [0.1, 0.15) is 0 Å². The number of halogens is 8. The monoisotopic (exact) mass is 333 g/mol. The molecule has 0 aromatic carbocycles. The maximum absolute atomic E-state index is 13.6. The largest absolute Gasteiger partial charge is 0.429 e. The summed E-state index contributed by atoms with van der Waals surface area (Å²) in [4.78, 5) is 0.0191. The predicted molar refractivity (Wildman–Crippen MR) is 56.8 cm³/mol. The first-order valence-corrected chi connectivity index (χ1v) is 6.24. The van der Waals surface area contributed by atoms with E-state index in [1.807, 2.05) is 0 Å². The molecule has 114 valence electrons. The quantitative estimate of drug-likeness (QED) is 0.427. The van der Waals surface area contributed by atoms with Gasteiger partial charge in [-0.25, -0.2) is 4.90 Å². The van der Waals surface area contributed by atoms with Crippen molar-refractivity contribution in [2.75, 3.05) is 13.1 Å². The molecule has 0 aliphatic carbocycles. The molecule has 0 aromatic rings. The van der Waals surface area contributed by atoms with E-state index in [1.54, 1.807) is 0 Å². The van der Waals surface area contributed by atoms with E-state index in [1.165, 1.54) is 0 Å². The highest BCUT2D eigenvalue weighted by molar-refractivity contribution is 6.43. The molecular formula is C9H11Cl2F6NO. The molecule has 0 amide bonds. The van der Waals surface area contributed by atoms with Crippen LogP contribution in [0.4, 0.5) is 26.3 Å². The average Bonchev–Trinajstić information content (AvgIpc) is 2.28. The maximum Gasteiger partial charge on any atom is 0.429 e. The number of ether oxygens (including phenoxy) is 1. The van der Waals surface area contributed by atoms with Gasteiger partial charge in [-0.1, -0.05) is 29.6 Å². The van der Waals surface area contributed by atoms with Crippen molar-refractivity contribution in [3.8, 4) is 0 Å². The summed E-state index contributed by atoms with van der Waals surface area (Å²) in [5.74, 6) is -5.75. The molecule has 0 atom stereocenters. The lowest BCUT2D eigenvalue weighted by molar-refractivity contribution is -0.423. The minimum atomic E-state index is -5.75. The lowest BCUT2D eigenvalue weighted by Crippen LogP contribution is -2.64. The number of nitrogens with zero attached hydrogens (tertiary/aromatic N) is 1. The maximum atomic E-state index is 13.6. The van der Waals surface area contributed by atoms with Gasteiger partial charge in [-0.05, 0) is 12.8 Å². The third kappa shape index (κ3) is 3.40. The molecule has 0 unspecified atom stereocenters. The zero-order valence-electron chi connectivity index (χ0n) is 9.49. The topological polar surface area (TPSA) is 12.5 Å².